The summed E-state index contributed by atoms with van der Waals surface area (Å²) in [6.45, 7) is 1.68. The highest BCUT2D eigenvalue weighted by Gasteiger charge is 2.32. The number of pyridine rings is 1. The molecule has 2 rings (SSSR count). The van der Waals surface area contributed by atoms with Crippen LogP contribution in [0.4, 0.5) is 8.78 Å². The maximum absolute atomic E-state index is 12.7. The summed E-state index contributed by atoms with van der Waals surface area (Å²) in [6, 6.07) is 1.14. The van der Waals surface area contributed by atoms with Gasteiger partial charge < -0.3 is 9.72 Å². The van der Waals surface area contributed by atoms with Crippen LogP contribution in [0, 0.1) is 5.92 Å². The average molecular weight is 285 g/mol. The van der Waals surface area contributed by atoms with E-state index in [1.54, 1.807) is 6.92 Å². The van der Waals surface area contributed by atoms with Gasteiger partial charge in [0.15, 0.2) is 5.78 Å². The third-order valence-corrected chi connectivity index (χ3v) is 3.19. The average Bonchev–Trinajstić information content (AvgIpc) is 2.37. The first-order chi connectivity index (χ1) is 9.43. The second kappa shape index (κ2) is 5.52. The number of alkyl halides is 2. The van der Waals surface area contributed by atoms with E-state index in [1.807, 2.05) is 0 Å². The number of H-pyrrole nitrogens is 1. The second-order valence-corrected chi connectivity index (χ2v) is 4.55. The number of Topliss-reactive ketones (excluding diaryl/α,β-unsaturated/α-hetero) is 1. The van der Waals surface area contributed by atoms with Crippen LogP contribution in [0.3, 0.4) is 0 Å². The van der Waals surface area contributed by atoms with Crippen molar-refractivity contribution in [3.05, 3.63) is 33.2 Å². The summed E-state index contributed by atoms with van der Waals surface area (Å²) >= 11 is 0. The maximum atomic E-state index is 12.7. The number of halogens is 2. The molecule has 20 heavy (non-hydrogen) atoms. The molecule has 0 aliphatic heterocycles. The number of esters is 1. The molecule has 5 nitrogen and oxygen atoms in total. The normalized spacial score (nSPS) is 18.0. The first kappa shape index (κ1) is 14.4. The highest BCUT2D eigenvalue weighted by molar-refractivity contribution is 6.00. The molecule has 0 amide bonds. The van der Waals surface area contributed by atoms with Crippen molar-refractivity contribution < 1.29 is 23.1 Å². The van der Waals surface area contributed by atoms with Crippen LogP contribution in [-0.2, 0) is 11.2 Å². The van der Waals surface area contributed by atoms with Gasteiger partial charge in [-0.05, 0) is 19.4 Å². The Labute approximate surface area is 112 Å². The fraction of sp³-hybridized carbons (Fsp3) is 0.462. The zero-order valence-corrected chi connectivity index (χ0v) is 10.7. The van der Waals surface area contributed by atoms with Crippen LogP contribution in [0.5, 0.6) is 0 Å². The first-order valence-electron chi connectivity index (χ1n) is 6.18. The molecule has 1 aromatic rings. The van der Waals surface area contributed by atoms with E-state index in [0.29, 0.717) is 0 Å². The van der Waals surface area contributed by atoms with Gasteiger partial charge in [-0.2, -0.15) is 0 Å². The Balaban J connectivity index is 2.42. The molecule has 1 atom stereocenters. The quantitative estimate of drug-likeness (QED) is 0.855. The van der Waals surface area contributed by atoms with Gasteiger partial charge in [-0.15, -0.1) is 0 Å². The van der Waals surface area contributed by atoms with Crippen molar-refractivity contribution in [2.45, 2.75) is 26.2 Å². The minimum Gasteiger partial charge on any atom is -0.462 e. The molecule has 0 saturated carbocycles. The van der Waals surface area contributed by atoms with Crippen LogP contribution in [-0.4, -0.2) is 29.8 Å². The number of aromatic nitrogens is 1. The number of aromatic amines is 1. The molecule has 0 spiro atoms. The topological polar surface area (TPSA) is 76.2 Å². The van der Waals surface area contributed by atoms with Crippen molar-refractivity contribution in [3.63, 3.8) is 0 Å². The Morgan fingerprint density at radius 1 is 1.45 bits per heavy atom. The maximum Gasteiger partial charge on any atom is 0.343 e. The molecule has 7 heteroatoms. The number of fused-ring (bicyclic) bond motifs is 1. The molecule has 1 heterocycles. The van der Waals surface area contributed by atoms with Gasteiger partial charge >= 0.3 is 5.97 Å². The lowest BCUT2D eigenvalue weighted by Gasteiger charge is -2.22. The van der Waals surface area contributed by atoms with Gasteiger partial charge in [0.25, 0.3) is 5.56 Å². The molecule has 0 aromatic carbocycles. The van der Waals surface area contributed by atoms with Gasteiger partial charge in [0.1, 0.15) is 5.56 Å². The van der Waals surface area contributed by atoms with E-state index in [9.17, 15) is 23.2 Å². The lowest BCUT2D eigenvalue weighted by Crippen LogP contribution is -2.30. The van der Waals surface area contributed by atoms with E-state index < -0.39 is 29.7 Å². The molecule has 1 aliphatic rings. The number of carbonyl (C=O) groups is 2. The lowest BCUT2D eigenvalue weighted by atomic mass is 9.85. The molecular weight excluding hydrogens is 272 g/mol. The van der Waals surface area contributed by atoms with Crippen molar-refractivity contribution in [3.8, 4) is 0 Å². The standard InChI is InChI=1S/C13H13F2NO4/c1-2-20-13(19)8-5-7-9(16-12(8)18)3-6(11(14)15)4-10(7)17/h5-6,11H,2-4H2,1H3,(H,16,18)/t6-/m0/s1. The molecule has 108 valence electrons. The SMILES string of the molecule is CCOC(=O)c1cc2c([nH]c1=O)C[C@H](C(F)F)CC2=O. The van der Waals surface area contributed by atoms with E-state index in [4.69, 9.17) is 4.74 Å². The summed E-state index contributed by atoms with van der Waals surface area (Å²) in [6.07, 6.45) is -3.00. The highest BCUT2D eigenvalue weighted by atomic mass is 19.3. The Morgan fingerprint density at radius 3 is 2.75 bits per heavy atom. The number of hydrogen-bond acceptors (Lipinski definition) is 4. The van der Waals surface area contributed by atoms with Crippen LogP contribution < -0.4 is 5.56 Å². The summed E-state index contributed by atoms with van der Waals surface area (Å²) in [5.41, 5.74) is -0.742. The van der Waals surface area contributed by atoms with Crippen molar-refractivity contribution >= 4 is 11.8 Å². The molecule has 1 aliphatic carbocycles. The molecule has 0 radical (unpaired) electrons. The Kier molecular flexibility index (Phi) is 3.96. The lowest BCUT2D eigenvalue weighted by molar-refractivity contribution is 0.0522. The number of hydrogen-bond donors (Lipinski definition) is 1. The van der Waals surface area contributed by atoms with Gasteiger partial charge in [-0.1, -0.05) is 0 Å². The van der Waals surface area contributed by atoms with Crippen molar-refractivity contribution in [1.29, 1.82) is 0 Å². The minimum atomic E-state index is -2.62. The smallest absolute Gasteiger partial charge is 0.343 e. The van der Waals surface area contributed by atoms with Gasteiger partial charge in [0.2, 0.25) is 6.43 Å². The van der Waals surface area contributed by atoms with Crippen LogP contribution in [0.2, 0.25) is 0 Å². The highest BCUT2D eigenvalue weighted by Crippen LogP contribution is 2.28. The first-order valence-corrected chi connectivity index (χ1v) is 6.18. The molecule has 1 aromatic heterocycles. The van der Waals surface area contributed by atoms with Crippen molar-refractivity contribution in [2.24, 2.45) is 5.92 Å². The summed E-state index contributed by atoms with van der Waals surface area (Å²) in [5, 5.41) is 0. The molecule has 0 unspecified atom stereocenters. The van der Waals surface area contributed by atoms with Gasteiger partial charge in [-0.25, -0.2) is 13.6 Å². The largest absolute Gasteiger partial charge is 0.462 e. The second-order valence-electron chi connectivity index (χ2n) is 4.55. The molecule has 1 N–H and O–H groups in total. The molecule has 0 fully saturated rings. The Morgan fingerprint density at radius 2 is 2.15 bits per heavy atom. The molecule has 0 saturated heterocycles. The van der Waals surface area contributed by atoms with Crippen LogP contribution in [0.1, 0.15) is 39.8 Å². The number of ketones is 1. The van der Waals surface area contributed by atoms with Gasteiger partial charge in [-0.3, -0.25) is 9.59 Å². The zero-order valence-electron chi connectivity index (χ0n) is 10.7. The van der Waals surface area contributed by atoms with Crippen molar-refractivity contribution in [2.75, 3.05) is 6.61 Å². The fourth-order valence-electron chi connectivity index (χ4n) is 2.20. The van der Waals surface area contributed by atoms with E-state index >= 15 is 0 Å². The van der Waals surface area contributed by atoms with E-state index in [2.05, 4.69) is 4.98 Å². The number of nitrogens with one attached hydrogen (secondary N) is 1. The Hall–Kier alpha value is -2.05. The summed E-state index contributed by atoms with van der Waals surface area (Å²) in [7, 11) is 0. The fourth-order valence-corrected chi connectivity index (χ4v) is 2.20. The monoisotopic (exact) mass is 285 g/mol. The van der Waals surface area contributed by atoms with Crippen LogP contribution in [0.15, 0.2) is 10.9 Å². The third-order valence-electron chi connectivity index (χ3n) is 3.19. The number of ether oxygens (including phenoxy) is 1. The number of carbonyl (C=O) groups excluding carboxylic acids is 2. The third kappa shape index (κ3) is 2.61. The van der Waals surface area contributed by atoms with E-state index in [1.165, 1.54) is 0 Å². The van der Waals surface area contributed by atoms with E-state index in [-0.39, 0.29) is 36.3 Å². The summed E-state index contributed by atoms with van der Waals surface area (Å²) < 4.78 is 30.1. The minimum absolute atomic E-state index is 0.0862. The Bertz CT molecular complexity index is 609. The van der Waals surface area contributed by atoms with Crippen molar-refractivity contribution in [1.82, 2.24) is 4.98 Å². The summed E-state index contributed by atoms with van der Waals surface area (Å²) in [4.78, 5) is 37.5. The van der Waals surface area contributed by atoms with Crippen LogP contribution in [0.25, 0.3) is 0 Å². The molecule has 0 bridgehead atoms. The number of rotatable bonds is 3. The predicted molar refractivity (Wildman–Crippen MR) is 65.2 cm³/mol. The molecular formula is C13H13F2NO4. The van der Waals surface area contributed by atoms with Gasteiger partial charge in [0, 0.05) is 23.6 Å². The van der Waals surface area contributed by atoms with E-state index in [0.717, 1.165) is 6.07 Å². The zero-order chi connectivity index (χ0) is 14.9. The summed E-state index contributed by atoms with van der Waals surface area (Å²) in [5.74, 6) is -2.43. The predicted octanol–water partition coefficient (Wildman–Crippen LogP) is 1.56. The van der Waals surface area contributed by atoms with Crippen LogP contribution >= 0.6 is 0 Å². The van der Waals surface area contributed by atoms with Gasteiger partial charge in [0.05, 0.1) is 6.61 Å².